The van der Waals surface area contributed by atoms with Crippen molar-refractivity contribution in [2.24, 2.45) is 0 Å². The van der Waals surface area contributed by atoms with Gasteiger partial charge in [-0.3, -0.25) is 4.57 Å². The van der Waals surface area contributed by atoms with Gasteiger partial charge >= 0.3 is 7.60 Å². The Hall–Kier alpha value is 1.14. The van der Waals surface area contributed by atoms with Crippen LogP contribution < -0.4 is 0 Å². The Kier molecular flexibility index (Phi) is 3.41. The third-order valence-electron chi connectivity index (χ3n) is 0.407. The Morgan fingerprint density at radius 3 is 1.89 bits per heavy atom. The minimum absolute atomic E-state index is 0.548. The van der Waals surface area contributed by atoms with Crippen molar-refractivity contribution in [1.29, 1.82) is 0 Å². The summed E-state index contributed by atoms with van der Waals surface area (Å²) in [6, 6.07) is 0. The molecule has 0 rings (SSSR count). The van der Waals surface area contributed by atoms with E-state index in [4.69, 9.17) is 21.4 Å². The van der Waals surface area contributed by atoms with Gasteiger partial charge in [0.2, 0.25) is 0 Å². The van der Waals surface area contributed by atoms with Crippen molar-refractivity contribution < 1.29 is 14.4 Å². The fourth-order valence-corrected chi connectivity index (χ4v) is 2.36. The molecule has 0 unspecified atom stereocenters. The van der Waals surface area contributed by atoms with Crippen molar-refractivity contribution in [3.8, 4) is 0 Å². The van der Waals surface area contributed by atoms with Crippen LogP contribution in [0, 0.1) is 0 Å². The van der Waals surface area contributed by atoms with Gasteiger partial charge in [-0.25, -0.2) is 0 Å². The number of alkyl halides is 1. The monoisotopic (exact) mass is 208 g/mol. The Morgan fingerprint density at radius 2 is 1.89 bits per heavy atom. The van der Waals surface area contributed by atoms with Gasteiger partial charge in [0.15, 0.2) is 0 Å². The van der Waals surface area contributed by atoms with Crippen LogP contribution in [0.4, 0.5) is 0 Å². The van der Waals surface area contributed by atoms with Gasteiger partial charge in [-0.1, -0.05) is 11.6 Å². The smallest absolute Gasteiger partial charge is 0.324 e. The number of halogens is 1. The fourth-order valence-electron chi connectivity index (χ4n) is 0.262. The number of rotatable bonds is 2. The van der Waals surface area contributed by atoms with E-state index in [1.165, 1.54) is 0 Å². The van der Waals surface area contributed by atoms with Crippen LogP contribution >= 0.6 is 44.5 Å². The average Bonchev–Trinajstić information content (AvgIpc) is 1.14. The van der Waals surface area contributed by atoms with Crippen LogP contribution in [-0.2, 0) is 4.57 Å². The second kappa shape index (κ2) is 3.03. The van der Waals surface area contributed by atoms with E-state index < -0.39 is 17.3 Å². The average molecular weight is 209 g/mol. The predicted molar refractivity (Wildman–Crippen MR) is 43.5 cm³/mol. The summed E-state index contributed by atoms with van der Waals surface area (Å²) in [5, 5.41) is 0. The van der Waals surface area contributed by atoms with Gasteiger partial charge in [0.25, 0.3) is 0 Å². The van der Waals surface area contributed by atoms with E-state index in [1.54, 1.807) is 0 Å². The molecular formula is C2H6ClO3PS2. The highest BCUT2D eigenvalue weighted by molar-refractivity contribution is 8.03. The summed E-state index contributed by atoms with van der Waals surface area (Å²) in [5.41, 5.74) is 0. The first-order valence-electron chi connectivity index (χ1n) is 1.89. The molecule has 0 aromatic carbocycles. The standard InChI is InChI=1S/C2H6ClO3PS2/c3-2(8,9)1-7(4,5)6/h8-9H,1H2,(H2,4,5,6). The molecule has 56 valence electrons. The quantitative estimate of drug-likeness (QED) is 0.236. The molecule has 0 aromatic rings. The summed E-state index contributed by atoms with van der Waals surface area (Å²) in [6.07, 6.45) is -0.548. The summed E-state index contributed by atoms with van der Waals surface area (Å²) in [5.74, 6) is 0. The molecule has 0 spiro atoms. The molecule has 0 bridgehead atoms. The minimum Gasteiger partial charge on any atom is -0.324 e. The highest BCUT2D eigenvalue weighted by Crippen LogP contribution is 2.43. The van der Waals surface area contributed by atoms with Crippen LogP contribution in [0.3, 0.4) is 0 Å². The van der Waals surface area contributed by atoms with Crippen molar-refractivity contribution in [2.45, 2.75) is 3.54 Å². The topological polar surface area (TPSA) is 57.5 Å². The molecule has 0 saturated heterocycles. The number of hydrogen-bond acceptors (Lipinski definition) is 3. The number of thiol groups is 2. The molecule has 2 N–H and O–H groups in total. The van der Waals surface area contributed by atoms with Crippen molar-refractivity contribution >= 4 is 44.5 Å². The first kappa shape index (κ1) is 10.1. The lowest BCUT2D eigenvalue weighted by molar-refractivity contribution is 0.374. The zero-order valence-corrected chi connectivity index (χ0v) is 7.67. The molecule has 0 atom stereocenters. The van der Waals surface area contributed by atoms with Gasteiger partial charge < -0.3 is 9.79 Å². The highest BCUT2D eigenvalue weighted by atomic mass is 35.5. The zero-order chi connectivity index (χ0) is 7.71. The van der Waals surface area contributed by atoms with E-state index in [1.807, 2.05) is 0 Å². The van der Waals surface area contributed by atoms with Crippen molar-refractivity contribution in [1.82, 2.24) is 0 Å². The van der Waals surface area contributed by atoms with Gasteiger partial charge in [-0.05, 0) is 0 Å². The maximum Gasteiger partial charge on any atom is 0.329 e. The lowest BCUT2D eigenvalue weighted by Gasteiger charge is -2.13. The van der Waals surface area contributed by atoms with Gasteiger partial charge in [-0.2, -0.15) is 0 Å². The van der Waals surface area contributed by atoms with Crippen LogP contribution in [-0.4, -0.2) is 19.5 Å². The van der Waals surface area contributed by atoms with Gasteiger partial charge in [0.05, 0.1) is 6.16 Å². The van der Waals surface area contributed by atoms with Crippen molar-refractivity contribution in [3.63, 3.8) is 0 Å². The summed E-state index contributed by atoms with van der Waals surface area (Å²) in [7, 11) is -4.07. The van der Waals surface area contributed by atoms with E-state index in [0.717, 1.165) is 0 Å². The largest absolute Gasteiger partial charge is 0.329 e. The molecule has 0 heterocycles. The maximum absolute atomic E-state index is 10.2. The summed E-state index contributed by atoms with van der Waals surface area (Å²) < 4.78 is 8.74. The van der Waals surface area contributed by atoms with Crippen molar-refractivity contribution in [2.75, 3.05) is 6.16 Å². The predicted octanol–water partition coefficient (Wildman–Crippen LogP) is 0.916. The van der Waals surface area contributed by atoms with Crippen LogP contribution in [0.5, 0.6) is 0 Å². The van der Waals surface area contributed by atoms with Gasteiger partial charge in [0, 0.05) is 0 Å². The van der Waals surface area contributed by atoms with E-state index >= 15 is 0 Å². The molecule has 9 heavy (non-hydrogen) atoms. The molecule has 0 radical (unpaired) electrons. The fraction of sp³-hybridized carbons (Fsp3) is 1.00. The van der Waals surface area contributed by atoms with E-state index in [9.17, 15) is 4.57 Å². The van der Waals surface area contributed by atoms with Crippen LogP contribution in [0.2, 0.25) is 0 Å². The third-order valence-corrected chi connectivity index (χ3v) is 2.43. The Bertz CT molecular complexity index is 137. The first-order valence-corrected chi connectivity index (χ1v) is 4.96. The lowest BCUT2D eigenvalue weighted by Crippen LogP contribution is -2.09. The van der Waals surface area contributed by atoms with Gasteiger partial charge in [0.1, 0.15) is 3.54 Å². The van der Waals surface area contributed by atoms with Crippen LogP contribution in [0.25, 0.3) is 0 Å². The minimum atomic E-state index is -4.07. The van der Waals surface area contributed by atoms with E-state index in [2.05, 4.69) is 25.3 Å². The van der Waals surface area contributed by atoms with E-state index in [0.29, 0.717) is 0 Å². The molecule has 0 aliphatic rings. The Labute approximate surface area is 68.8 Å². The second-order valence-corrected chi connectivity index (χ2v) is 6.24. The summed E-state index contributed by atoms with van der Waals surface area (Å²) >= 11 is 12.4. The molecular weight excluding hydrogens is 203 g/mol. The normalized spacial score (nSPS) is 13.9. The van der Waals surface area contributed by atoms with E-state index in [-0.39, 0.29) is 0 Å². The molecule has 0 amide bonds. The summed E-state index contributed by atoms with van der Waals surface area (Å²) in [4.78, 5) is 16.6. The Morgan fingerprint density at radius 1 is 1.56 bits per heavy atom. The maximum atomic E-state index is 10.2. The molecule has 0 fully saturated rings. The molecule has 0 saturated carbocycles. The molecule has 3 nitrogen and oxygen atoms in total. The molecule has 7 heteroatoms. The SMILES string of the molecule is O=P(O)(O)CC(S)(S)Cl. The highest BCUT2D eigenvalue weighted by Gasteiger charge is 2.27. The van der Waals surface area contributed by atoms with Crippen molar-refractivity contribution in [3.05, 3.63) is 0 Å². The molecule has 0 aliphatic carbocycles. The second-order valence-electron chi connectivity index (χ2n) is 1.54. The van der Waals surface area contributed by atoms with Crippen LogP contribution in [0.15, 0.2) is 0 Å². The number of hydrogen-bond donors (Lipinski definition) is 4. The van der Waals surface area contributed by atoms with Gasteiger partial charge in [-0.15, -0.1) is 25.3 Å². The Balaban J connectivity index is 3.90. The molecule has 0 aromatic heterocycles. The third kappa shape index (κ3) is 9.14. The lowest BCUT2D eigenvalue weighted by atomic mass is 10.9. The first-order chi connectivity index (χ1) is 3.71. The zero-order valence-electron chi connectivity index (χ0n) is 4.23. The van der Waals surface area contributed by atoms with Crippen LogP contribution in [0.1, 0.15) is 0 Å². The molecule has 0 aliphatic heterocycles. The summed E-state index contributed by atoms with van der Waals surface area (Å²) in [6.45, 7) is 0.